The van der Waals surface area contributed by atoms with Crippen molar-refractivity contribution >= 4 is 27.3 Å². The van der Waals surface area contributed by atoms with Crippen molar-refractivity contribution in [2.75, 3.05) is 17.2 Å². The van der Waals surface area contributed by atoms with Gasteiger partial charge in [-0.05, 0) is 46.5 Å². The molecule has 0 radical (unpaired) electrons. The molecular weight excluding hydrogens is 304 g/mol. The molecule has 0 unspecified atom stereocenters. The number of nitrogens with two attached hydrogens (primary N) is 1. The Morgan fingerprint density at radius 1 is 1.42 bits per heavy atom. The molecule has 0 aliphatic carbocycles. The Labute approximate surface area is 121 Å². The molecule has 0 saturated heterocycles. The first-order valence-electron chi connectivity index (χ1n) is 6.45. The smallest absolute Gasteiger partial charge is 0.0716 e. The minimum absolute atomic E-state index is 0.855. The topological polar surface area (TPSA) is 47.1 Å². The molecule has 5 heteroatoms. The van der Waals surface area contributed by atoms with Crippen molar-refractivity contribution in [3.63, 3.8) is 0 Å². The molecular formula is C14H17BrN4. The largest absolute Gasteiger partial charge is 0.398 e. The fourth-order valence-electron chi connectivity index (χ4n) is 2.69. The zero-order valence-electron chi connectivity index (χ0n) is 10.9. The normalized spacial score (nSPS) is 14.5. The predicted molar refractivity (Wildman–Crippen MR) is 81.1 cm³/mol. The number of fused-ring (bicyclic) bond motifs is 1. The number of benzene rings is 1. The predicted octanol–water partition coefficient (Wildman–Crippen LogP) is 2.72. The van der Waals surface area contributed by atoms with E-state index in [-0.39, 0.29) is 0 Å². The lowest BCUT2D eigenvalue weighted by Crippen LogP contribution is -2.30. The van der Waals surface area contributed by atoms with E-state index in [1.54, 1.807) is 0 Å². The van der Waals surface area contributed by atoms with Crippen molar-refractivity contribution in [1.82, 2.24) is 9.78 Å². The van der Waals surface area contributed by atoms with Crippen LogP contribution in [0.5, 0.6) is 0 Å². The van der Waals surface area contributed by atoms with Crippen LogP contribution in [-0.2, 0) is 20.0 Å². The number of aryl methyl sites for hydroxylation is 1. The van der Waals surface area contributed by atoms with E-state index in [0.717, 1.165) is 36.1 Å². The Hall–Kier alpha value is -1.49. The molecule has 2 N–H and O–H groups in total. The van der Waals surface area contributed by atoms with E-state index in [9.17, 15) is 0 Å². The SMILES string of the molecule is Cn1ncc(Br)c1CN1CCCc2c(N)cccc21. The van der Waals surface area contributed by atoms with Crippen LogP contribution >= 0.6 is 15.9 Å². The Bertz CT molecular complexity index is 586. The third-order valence-electron chi connectivity index (χ3n) is 3.73. The minimum Gasteiger partial charge on any atom is -0.398 e. The van der Waals surface area contributed by atoms with E-state index >= 15 is 0 Å². The van der Waals surface area contributed by atoms with Gasteiger partial charge >= 0.3 is 0 Å². The number of hydrogen-bond acceptors (Lipinski definition) is 3. The highest BCUT2D eigenvalue weighted by Crippen LogP contribution is 2.32. The summed E-state index contributed by atoms with van der Waals surface area (Å²) in [7, 11) is 1.98. The number of nitrogen functional groups attached to an aromatic ring is 1. The summed E-state index contributed by atoms with van der Waals surface area (Å²) in [5, 5.41) is 4.27. The number of hydrogen-bond donors (Lipinski definition) is 1. The fraction of sp³-hybridized carbons (Fsp3) is 0.357. The first-order valence-corrected chi connectivity index (χ1v) is 7.25. The number of anilines is 2. The lowest BCUT2D eigenvalue weighted by Gasteiger charge is -2.32. The van der Waals surface area contributed by atoms with E-state index in [1.807, 2.05) is 30.1 Å². The van der Waals surface area contributed by atoms with E-state index in [4.69, 9.17) is 5.73 Å². The van der Waals surface area contributed by atoms with Crippen LogP contribution in [0.15, 0.2) is 28.9 Å². The highest BCUT2D eigenvalue weighted by atomic mass is 79.9. The van der Waals surface area contributed by atoms with Crippen LogP contribution < -0.4 is 10.6 Å². The van der Waals surface area contributed by atoms with Gasteiger partial charge in [-0.3, -0.25) is 4.68 Å². The number of halogens is 1. The summed E-state index contributed by atoms with van der Waals surface area (Å²) < 4.78 is 2.98. The zero-order valence-corrected chi connectivity index (χ0v) is 12.5. The molecule has 0 atom stereocenters. The van der Waals surface area contributed by atoms with Crippen LogP contribution in [-0.4, -0.2) is 16.3 Å². The summed E-state index contributed by atoms with van der Waals surface area (Å²) in [6, 6.07) is 6.18. The Morgan fingerprint density at radius 3 is 3.00 bits per heavy atom. The third kappa shape index (κ3) is 2.23. The Morgan fingerprint density at radius 2 is 2.26 bits per heavy atom. The van der Waals surface area contributed by atoms with Gasteiger partial charge < -0.3 is 10.6 Å². The molecule has 1 aliphatic rings. The van der Waals surface area contributed by atoms with Crippen LogP contribution in [0.4, 0.5) is 11.4 Å². The molecule has 1 aromatic heterocycles. The van der Waals surface area contributed by atoms with Crippen LogP contribution in [0.25, 0.3) is 0 Å². The van der Waals surface area contributed by atoms with Gasteiger partial charge in [-0.1, -0.05) is 6.07 Å². The second-order valence-corrected chi connectivity index (χ2v) is 5.79. The van der Waals surface area contributed by atoms with Gasteiger partial charge in [0.2, 0.25) is 0 Å². The van der Waals surface area contributed by atoms with E-state index in [0.29, 0.717) is 0 Å². The lowest BCUT2D eigenvalue weighted by molar-refractivity contribution is 0.644. The van der Waals surface area contributed by atoms with Gasteiger partial charge in [-0.15, -0.1) is 0 Å². The molecule has 2 heterocycles. The molecule has 0 saturated carbocycles. The third-order valence-corrected chi connectivity index (χ3v) is 4.40. The molecule has 1 aliphatic heterocycles. The molecule has 0 bridgehead atoms. The maximum absolute atomic E-state index is 6.08. The second-order valence-electron chi connectivity index (χ2n) is 4.93. The molecule has 2 aromatic rings. The van der Waals surface area contributed by atoms with E-state index < -0.39 is 0 Å². The molecule has 19 heavy (non-hydrogen) atoms. The van der Waals surface area contributed by atoms with Crippen LogP contribution in [0.3, 0.4) is 0 Å². The average molecular weight is 321 g/mol. The van der Waals surface area contributed by atoms with Crippen LogP contribution in [0.2, 0.25) is 0 Å². The van der Waals surface area contributed by atoms with E-state index in [1.165, 1.54) is 16.9 Å². The highest BCUT2D eigenvalue weighted by molar-refractivity contribution is 9.10. The molecule has 0 spiro atoms. The Kier molecular flexibility index (Phi) is 3.22. The van der Waals surface area contributed by atoms with Gasteiger partial charge in [0, 0.05) is 25.0 Å². The van der Waals surface area contributed by atoms with Crippen molar-refractivity contribution in [1.29, 1.82) is 0 Å². The van der Waals surface area contributed by atoms with Crippen molar-refractivity contribution < 1.29 is 0 Å². The van der Waals surface area contributed by atoms with Crippen molar-refractivity contribution in [3.05, 3.63) is 40.1 Å². The fourth-order valence-corrected chi connectivity index (χ4v) is 3.16. The van der Waals surface area contributed by atoms with Crippen LogP contribution in [0, 0.1) is 0 Å². The standard InChI is InChI=1S/C14H17BrN4/c1-18-14(11(15)8-17-18)9-19-7-3-4-10-12(16)5-2-6-13(10)19/h2,5-6,8H,3-4,7,9,16H2,1H3. The van der Waals surface area contributed by atoms with E-state index in [2.05, 4.69) is 32.0 Å². The second kappa shape index (κ2) is 4.89. The summed E-state index contributed by atoms with van der Waals surface area (Å²) in [4.78, 5) is 2.39. The summed E-state index contributed by atoms with van der Waals surface area (Å²) >= 11 is 3.56. The summed E-state index contributed by atoms with van der Waals surface area (Å²) in [5.41, 5.74) is 10.7. The molecule has 1 aromatic carbocycles. The van der Waals surface area contributed by atoms with Gasteiger partial charge in [-0.2, -0.15) is 5.10 Å². The monoisotopic (exact) mass is 320 g/mol. The lowest BCUT2D eigenvalue weighted by atomic mass is 10.00. The quantitative estimate of drug-likeness (QED) is 0.865. The van der Waals surface area contributed by atoms with Gasteiger partial charge in [0.25, 0.3) is 0 Å². The first-order chi connectivity index (χ1) is 9.16. The van der Waals surface area contributed by atoms with Gasteiger partial charge in [0.1, 0.15) is 0 Å². The first kappa shape index (κ1) is 12.5. The summed E-state index contributed by atoms with van der Waals surface area (Å²) in [5.74, 6) is 0. The molecule has 100 valence electrons. The highest BCUT2D eigenvalue weighted by Gasteiger charge is 2.20. The minimum atomic E-state index is 0.855. The number of nitrogens with zero attached hydrogens (tertiary/aromatic N) is 3. The van der Waals surface area contributed by atoms with Crippen LogP contribution in [0.1, 0.15) is 17.7 Å². The summed E-state index contributed by atoms with van der Waals surface area (Å²) in [6.45, 7) is 1.92. The maximum Gasteiger partial charge on any atom is 0.0716 e. The number of aromatic nitrogens is 2. The van der Waals surface area contributed by atoms with Gasteiger partial charge in [-0.25, -0.2) is 0 Å². The van der Waals surface area contributed by atoms with Gasteiger partial charge in [0.05, 0.1) is 22.9 Å². The van der Waals surface area contributed by atoms with Crippen molar-refractivity contribution in [2.45, 2.75) is 19.4 Å². The summed E-state index contributed by atoms with van der Waals surface area (Å²) in [6.07, 6.45) is 4.07. The molecule has 4 nitrogen and oxygen atoms in total. The maximum atomic E-state index is 6.08. The Balaban J connectivity index is 1.94. The molecule has 3 rings (SSSR count). The molecule has 0 amide bonds. The zero-order chi connectivity index (χ0) is 13.4. The average Bonchev–Trinajstić information content (AvgIpc) is 2.72. The van der Waals surface area contributed by atoms with Crippen molar-refractivity contribution in [2.24, 2.45) is 7.05 Å². The number of rotatable bonds is 2. The molecule has 0 fully saturated rings. The van der Waals surface area contributed by atoms with Gasteiger partial charge in [0.15, 0.2) is 0 Å². The van der Waals surface area contributed by atoms with Crippen molar-refractivity contribution in [3.8, 4) is 0 Å².